The summed E-state index contributed by atoms with van der Waals surface area (Å²) in [7, 11) is 1.66. The zero-order chi connectivity index (χ0) is 12.5. The van der Waals surface area contributed by atoms with E-state index in [0.29, 0.717) is 18.6 Å². The van der Waals surface area contributed by atoms with Gasteiger partial charge in [-0.2, -0.15) is 0 Å². The molecule has 1 aromatic heterocycles. The van der Waals surface area contributed by atoms with Crippen molar-refractivity contribution < 1.29 is 9.53 Å². The maximum atomic E-state index is 11.4. The van der Waals surface area contributed by atoms with Crippen molar-refractivity contribution in [3.05, 3.63) is 34.8 Å². The van der Waals surface area contributed by atoms with Crippen LogP contribution in [-0.2, 0) is 17.6 Å². The molecule has 92 valence electrons. The highest BCUT2D eigenvalue weighted by molar-refractivity contribution is 7.15. The second-order valence-electron chi connectivity index (χ2n) is 4.33. The topological polar surface area (TPSA) is 39.2 Å². The summed E-state index contributed by atoms with van der Waals surface area (Å²) in [5, 5.41) is 0.998. The highest BCUT2D eigenvalue weighted by Crippen LogP contribution is 2.32. The van der Waals surface area contributed by atoms with Gasteiger partial charge >= 0.3 is 0 Å². The molecule has 1 aliphatic carbocycles. The second-order valence-corrected chi connectivity index (χ2v) is 5.42. The van der Waals surface area contributed by atoms with Crippen molar-refractivity contribution in [3.8, 4) is 16.3 Å². The van der Waals surface area contributed by atoms with Crippen molar-refractivity contribution in [2.24, 2.45) is 0 Å². The molecule has 0 unspecified atom stereocenters. The van der Waals surface area contributed by atoms with E-state index in [2.05, 4.69) is 4.98 Å². The maximum Gasteiger partial charge on any atom is 0.138 e. The number of fused-ring (bicyclic) bond motifs is 1. The van der Waals surface area contributed by atoms with Crippen LogP contribution in [0.1, 0.15) is 17.0 Å². The van der Waals surface area contributed by atoms with Crippen molar-refractivity contribution in [2.75, 3.05) is 7.11 Å². The van der Waals surface area contributed by atoms with Crippen molar-refractivity contribution in [1.29, 1.82) is 0 Å². The van der Waals surface area contributed by atoms with Crippen LogP contribution < -0.4 is 4.74 Å². The SMILES string of the molecule is COc1ccc(-c2nc3c(s2)CC(=O)CC3)cc1. The van der Waals surface area contributed by atoms with Crippen LogP contribution in [-0.4, -0.2) is 17.9 Å². The molecular formula is C14H13NO2S. The Morgan fingerprint density at radius 1 is 1.22 bits per heavy atom. The molecule has 0 bridgehead atoms. The number of benzene rings is 1. The van der Waals surface area contributed by atoms with Gasteiger partial charge in [-0.05, 0) is 30.7 Å². The fourth-order valence-electron chi connectivity index (χ4n) is 2.10. The molecule has 1 heterocycles. The zero-order valence-electron chi connectivity index (χ0n) is 10.1. The molecule has 1 aliphatic rings. The smallest absolute Gasteiger partial charge is 0.138 e. The van der Waals surface area contributed by atoms with Crippen LogP contribution in [0.3, 0.4) is 0 Å². The minimum Gasteiger partial charge on any atom is -0.497 e. The number of methoxy groups -OCH3 is 1. The summed E-state index contributed by atoms with van der Waals surface area (Å²) in [5.74, 6) is 1.17. The predicted molar refractivity (Wildman–Crippen MR) is 71.1 cm³/mol. The van der Waals surface area contributed by atoms with Gasteiger partial charge in [-0.25, -0.2) is 4.98 Å². The van der Waals surface area contributed by atoms with Gasteiger partial charge in [0.2, 0.25) is 0 Å². The van der Waals surface area contributed by atoms with E-state index in [1.807, 2.05) is 24.3 Å². The zero-order valence-corrected chi connectivity index (χ0v) is 10.9. The fraction of sp³-hybridized carbons (Fsp3) is 0.286. The van der Waals surface area contributed by atoms with Crippen molar-refractivity contribution >= 4 is 17.1 Å². The molecule has 2 aromatic rings. The van der Waals surface area contributed by atoms with E-state index < -0.39 is 0 Å². The molecule has 0 saturated carbocycles. The van der Waals surface area contributed by atoms with Crippen molar-refractivity contribution in [2.45, 2.75) is 19.3 Å². The quantitative estimate of drug-likeness (QED) is 0.832. The Labute approximate surface area is 109 Å². The van der Waals surface area contributed by atoms with Crippen LogP contribution in [0.4, 0.5) is 0 Å². The first-order valence-corrected chi connectivity index (χ1v) is 6.72. The standard InChI is InChI=1S/C14H13NO2S/c1-17-11-5-2-9(3-6-11)14-15-12-7-4-10(16)8-13(12)18-14/h2-3,5-6H,4,7-8H2,1H3. The van der Waals surface area contributed by atoms with E-state index in [-0.39, 0.29) is 0 Å². The highest BCUT2D eigenvalue weighted by Gasteiger charge is 2.20. The highest BCUT2D eigenvalue weighted by atomic mass is 32.1. The Bertz CT molecular complexity index is 586. The van der Waals surface area contributed by atoms with Crippen LogP contribution in [0.5, 0.6) is 5.75 Å². The Morgan fingerprint density at radius 3 is 2.72 bits per heavy atom. The minimum absolute atomic E-state index is 0.326. The van der Waals surface area contributed by atoms with Gasteiger partial charge in [0, 0.05) is 23.3 Å². The molecule has 18 heavy (non-hydrogen) atoms. The lowest BCUT2D eigenvalue weighted by atomic mass is 10.0. The van der Waals surface area contributed by atoms with E-state index in [1.165, 1.54) is 0 Å². The normalized spacial score (nSPS) is 14.4. The summed E-state index contributed by atoms with van der Waals surface area (Å²) in [4.78, 5) is 17.2. The van der Waals surface area contributed by atoms with Gasteiger partial charge in [-0.1, -0.05) is 0 Å². The average molecular weight is 259 g/mol. The van der Waals surface area contributed by atoms with Gasteiger partial charge in [0.1, 0.15) is 16.5 Å². The van der Waals surface area contributed by atoms with E-state index in [4.69, 9.17) is 4.74 Å². The molecule has 0 fully saturated rings. The molecule has 3 nitrogen and oxygen atoms in total. The summed E-state index contributed by atoms with van der Waals surface area (Å²) in [6.45, 7) is 0. The lowest BCUT2D eigenvalue weighted by molar-refractivity contribution is -0.118. The van der Waals surface area contributed by atoms with Gasteiger partial charge in [-0.15, -0.1) is 11.3 Å². The number of ether oxygens (including phenoxy) is 1. The van der Waals surface area contributed by atoms with Crippen molar-refractivity contribution in [1.82, 2.24) is 4.98 Å². The molecule has 1 aromatic carbocycles. The second kappa shape index (κ2) is 4.53. The number of thiazole rings is 1. The predicted octanol–water partition coefficient (Wildman–Crippen LogP) is 2.88. The van der Waals surface area contributed by atoms with E-state index in [9.17, 15) is 4.79 Å². The summed E-state index contributed by atoms with van der Waals surface area (Å²) in [6.07, 6.45) is 1.99. The molecule has 0 radical (unpaired) electrons. The fourth-order valence-corrected chi connectivity index (χ4v) is 3.24. The number of hydrogen-bond donors (Lipinski definition) is 0. The van der Waals surface area contributed by atoms with Crippen LogP contribution in [0.15, 0.2) is 24.3 Å². The number of nitrogens with zero attached hydrogens (tertiary/aromatic N) is 1. The van der Waals surface area contributed by atoms with Crippen LogP contribution in [0.25, 0.3) is 10.6 Å². The molecular weight excluding hydrogens is 246 g/mol. The van der Waals surface area contributed by atoms with Crippen LogP contribution in [0, 0.1) is 0 Å². The van der Waals surface area contributed by atoms with Gasteiger partial charge in [0.25, 0.3) is 0 Å². The number of aromatic nitrogens is 1. The van der Waals surface area contributed by atoms with Crippen LogP contribution in [0.2, 0.25) is 0 Å². The molecule has 4 heteroatoms. The Hall–Kier alpha value is -1.68. The van der Waals surface area contributed by atoms with Gasteiger partial charge < -0.3 is 4.74 Å². The summed E-state index contributed by atoms with van der Waals surface area (Å²) in [5.41, 5.74) is 2.19. The maximum absolute atomic E-state index is 11.4. The Morgan fingerprint density at radius 2 is 2.00 bits per heavy atom. The molecule has 3 rings (SSSR count). The number of aryl methyl sites for hydroxylation is 1. The van der Waals surface area contributed by atoms with Crippen LogP contribution >= 0.6 is 11.3 Å². The number of rotatable bonds is 2. The lowest BCUT2D eigenvalue weighted by Crippen LogP contribution is -2.11. The monoisotopic (exact) mass is 259 g/mol. The first kappa shape index (κ1) is 11.4. The number of hydrogen-bond acceptors (Lipinski definition) is 4. The number of ketones is 1. The van der Waals surface area contributed by atoms with E-state index in [0.717, 1.165) is 33.3 Å². The van der Waals surface area contributed by atoms with E-state index >= 15 is 0 Å². The first-order chi connectivity index (χ1) is 8.76. The molecule has 0 N–H and O–H groups in total. The molecule has 0 aliphatic heterocycles. The molecule has 0 atom stereocenters. The number of Topliss-reactive ketones (excluding diaryl/α,β-unsaturated/α-hetero) is 1. The third kappa shape index (κ3) is 2.04. The molecule has 0 spiro atoms. The third-order valence-electron chi connectivity index (χ3n) is 3.11. The van der Waals surface area contributed by atoms with E-state index in [1.54, 1.807) is 18.4 Å². The first-order valence-electron chi connectivity index (χ1n) is 5.91. The van der Waals surface area contributed by atoms with Gasteiger partial charge in [0.15, 0.2) is 0 Å². The number of carbonyl (C=O) groups is 1. The summed E-state index contributed by atoms with van der Waals surface area (Å²) < 4.78 is 5.14. The van der Waals surface area contributed by atoms with Crippen molar-refractivity contribution in [3.63, 3.8) is 0 Å². The minimum atomic E-state index is 0.326. The molecule has 0 amide bonds. The number of carbonyl (C=O) groups excluding carboxylic acids is 1. The summed E-state index contributed by atoms with van der Waals surface area (Å²) >= 11 is 1.63. The van der Waals surface area contributed by atoms with Gasteiger partial charge in [-0.3, -0.25) is 4.79 Å². The van der Waals surface area contributed by atoms with Gasteiger partial charge in [0.05, 0.1) is 12.8 Å². The Kier molecular flexibility index (Phi) is 2.88. The molecule has 0 saturated heterocycles. The lowest BCUT2D eigenvalue weighted by Gasteiger charge is -2.06. The summed E-state index contributed by atoms with van der Waals surface area (Å²) in [6, 6.07) is 7.87. The largest absolute Gasteiger partial charge is 0.497 e. The average Bonchev–Trinajstić information content (AvgIpc) is 2.81. The Balaban J connectivity index is 1.94. The third-order valence-corrected chi connectivity index (χ3v) is 4.26.